The Morgan fingerprint density at radius 1 is 1.05 bits per heavy atom. The number of hydrogen-bond donors (Lipinski definition) is 0. The van der Waals surface area contributed by atoms with Crippen molar-refractivity contribution in [1.29, 1.82) is 0 Å². The van der Waals surface area contributed by atoms with E-state index in [0.717, 1.165) is 19.3 Å². The van der Waals surface area contributed by atoms with Crippen molar-refractivity contribution >= 4 is 11.9 Å². The van der Waals surface area contributed by atoms with Crippen molar-refractivity contribution in [3.63, 3.8) is 0 Å². The number of unbranched alkanes of at least 4 members (excludes halogenated alkanes) is 1. The van der Waals surface area contributed by atoms with Gasteiger partial charge in [-0.05, 0) is 24.5 Å². The van der Waals surface area contributed by atoms with Gasteiger partial charge in [0, 0.05) is 0 Å². The summed E-state index contributed by atoms with van der Waals surface area (Å²) in [6.45, 7) is 6.80. The van der Waals surface area contributed by atoms with Crippen molar-refractivity contribution in [3.8, 4) is 0 Å². The molecular weight excluding hydrogens is 268 g/mol. The predicted octanol–water partition coefficient (Wildman–Crippen LogP) is 3.85. The van der Waals surface area contributed by atoms with Crippen LogP contribution in [0.2, 0.25) is 0 Å². The second kappa shape index (κ2) is 9.16. The summed E-state index contributed by atoms with van der Waals surface area (Å²) in [5.74, 6) is -0.643. The van der Waals surface area contributed by atoms with Gasteiger partial charge in [0.15, 0.2) is 0 Å². The van der Waals surface area contributed by atoms with Crippen molar-refractivity contribution in [3.05, 3.63) is 35.4 Å². The lowest BCUT2D eigenvalue weighted by atomic mass is 10.1. The largest absolute Gasteiger partial charge is 0.462 e. The van der Waals surface area contributed by atoms with Gasteiger partial charge in [-0.2, -0.15) is 0 Å². The molecule has 0 aliphatic rings. The van der Waals surface area contributed by atoms with Gasteiger partial charge in [0.2, 0.25) is 0 Å². The molecule has 0 aliphatic carbocycles. The fourth-order valence-electron chi connectivity index (χ4n) is 1.64. The van der Waals surface area contributed by atoms with Crippen molar-refractivity contribution < 1.29 is 19.1 Å². The maximum atomic E-state index is 12.1. The average molecular weight is 292 g/mol. The van der Waals surface area contributed by atoms with E-state index in [4.69, 9.17) is 9.47 Å². The third-order valence-corrected chi connectivity index (χ3v) is 3.29. The van der Waals surface area contributed by atoms with Crippen LogP contribution in [0.4, 0.5) is 0 Å². The highest BCUT2D eigenvalue weighted by molar-refractivity contribution is 6.03. The number of esters is 2. The molecule has 0 heterocycles. The van der Waals surface area contributed by atoms with E-state index in [-0.39, 0.29) is 11.1 Å². The van der Waals surface area contributed by atoms with Gasteiger partial charge in [-0.3, -0.25) is 0 Å². The topological polar surface area (TPSA) is 52.6 Å². The van der Waals surface area contributed by atoms with Crippen LogP contribution in [-0.2, 0) is 9.47 Å². The van der Waals surface area contributed by atoms with E-state index >= 15 is 0 Å². The van der Waals surface area contributed by atoms with Crippen LogP contribution in [-0.4, -0.2) is 25.2 Å². The molecule has 4 heteroatoms. The molecule has 0 N–H and O–H groups in total. The first kappa shape index (κ1) is 17.2. The van der Waals surface area contributed by atoms with Gasteiger partial charge in [0.25, 0.3) is 0 Å². The first-order valence-corrected chi connectivity index (χ1v) is 7.53. The Morgan fingerprint density at radius 2 is 1.62 bits per heavy atom. The molecule has 4 nitrogen and oxygen atoms in total. The van der Waals surface area contributed by atoms with Crippen LogP contribution < -0.4 is 0 Å². The van der Waals surface area contributed by atoms with Gasteiger partial charge in [-0.15, -0.1) is 0 Å². The highest BCUT2D eigenvalue weighted by Crippen LogP contribution is 2.13. The normalized spacial score (nSPS) is 11.8. The van der Waals surface area contributed by atoms with Gasteiger partial charge in [-0.25, -0.2) is 9.59 Å². The van der Waals surface area contributed by atoms with E-state index in [9.17, 15) is 9.59 Å². The smallest absolute Gasteiger partial charge is 0.339 e. The molecule has 0 aromatic heterocycles. The summed E-state index contributed by atoms with van der Waals surface area (Å²) in [6.07, 6.45) is 2.70. The number of rotatable bonds is 8. The summed E-state index contributed by atoms with van der Waals surface area (Å²) in [7, 11) is 0. The number of benzene rings is 1. The van der Waals surface area contributed by atoms with Crippen LogP contribution in [0.1, 0.15) is 60.7 Å². The Labute approximate surface area is 126 Å². The third-order valence-electron chi connectivity index (χ3n) is 3.29. The van der Waals surface area contributed by atoms with Crippen LogP contribution in [0.5, 0.6) is 0 Å². The van der Waals surface area contributed by atoms with E-state index in [2.05, 4.69) is 0 Å². The van der Waals surface area contributed by atoms with Gasteiger partial charge in [0.1, 0.15) is 0 Å². The zero-order valence-corrected chi connectivity index (χ0v) is 13.1. The molecule has 0 radical (unpaired) electrons. The fraction of sp³-hybridized carbons (Fsp3) is 0.529. The number of hydrogen-bond acceptors (Lipinski definition) is 4. The van der Waals surface area contributed by atoms with Gasteiger partial charge in [-0.1, -0.05) is 45.7 Å². The molecule has 0 fully saturated rings. The zero-order chi connectivity index (χ0) is 15.7. The Bertz CT molecular complexity index is 468. The highest BCUT2D eigenvalue weighted by atomic mass is 16.5. The van der Waals surface area contributed by atoms with Crippen molar-refractivity contribution in [1.82, 2.24) is 0 Å². The molecule has 0 amide bonds. The highest BCUT2D eigenvalue weighted by Gasteiger charge is 2.19. The Morgan fingerprint density at radius 3 is 2.14 bits per heavy atom. The monoisotopic (exact) mass is 292 g/mol. The molecule has 1 atom stereocenters. The Balaban J connectivity index is 2.74. The van der Waals surface area contributed by atoms with E-state index in [0.29, 0.717) is 19.1 Å². The molecule has 21 heavy (non-hydrogen) atoms. The summed E-state index contributed by atoms with van der Waals surface area (Å²) in [5, 5.41) is 0. The molecule has 1 unspecified atom stereocenters. The lowest BCUT2D eigenvalue weighted by Crippen LogP contribution is -2.16. The molecule has 1 aromatic rings. The molecule has 116 valence electrons. The molecule has 1 rings (SSSR count). The standard InChI is InChI=1S/C17H24O4/c1-4-6-11-20-16(18)14-9-7-8-10-15(14)17(19)21-12-13(3)5-2/h7-10,13H,4-6,11-12H2,1-3H3. The molecule has 0 aliphatic heterocycles. The van der Waals surface area contributed by atoms with Crippen LogP contribution in [0.25, 0.3) is 0 Å². The first-order chi connectivity index (χ1) is 10.1. The van der Waals surface area contributed by atoms with Gasteiger partial charge >= 0.3 is 11.9 Å². The molecule has 0 spiro atoms. The Kier molecular flexibility index (Phi) is 7.51. The van der Waals surface area contributed by atoms with Crippen LogP contribution in [0.3, 0.4) is 0 Å². The summed E-state index contributed by atoms with van der Waals surface area (Å²) < 4.78 is 10.4. The molecule has 0 bridgehead atoms. The maximum Gasteiger partial charge on any atom is 0.339 e. The number of carbonyl (C=O) groups excluding carboxylic acids is 2. The minimum Gasteiger partial charge on any atom is -0.462 e. The minimum absolute atomic E-state index is 0.266. The third kappa shape index (κ3) is 5.58. The molecular formula is C17H24O4. The van der Waals surface area contributed by atoms with E-state index in [1.807, 2.05) is 20.8 Å². The minimum atomic E-state index is -0.474. The van der Waals surface area contributed by atoms with Crippen LogP contribution in [0, 0.1) is 5.92 Å². The summed E-state index contributed by atoms with van der Waals surface area (Å²) in [4.78, 5) is 24.1. The average Bonchev–Trinajstić information content (AvgIpc) is 2.52. The lowest BCUT2D eigenvalue weighted by Gasteiger charge is -2.12. The SMILES string of the molecule is CCCCOC(=O)c1ccccc1C(=O)OCC(C)CC. The van der Waals surface area contributed by atoms with E-state index in [1.54, 1.807) is 24.3 Å². The van der Waals surface area contributed by atoms with Gasteiger partial charge in [0.05, 0.1) is 24.3 Å². The van der Waals surface area contributed by atoms with E-state index < -0.39 is 11.9 Å². The zero-order valence-electron chi connectivity index (χ0n) is 13.1. The second-order valence-corrected chi connectivity index (χ2v) is 5.15. The first-order valence-electron chi connectivity index (χ1n) is 7.53. The Hall–Kier alpha value is -1.84. The van der Waals surface area contributed by atoms with Gasteiger partial charge < -0.3 is 9.47 Å². The molecule has 0 saturated carbocycles. The molecule has 0 saturated heterocycles. The van der Waals surface area contributed by atoms with Crippen molar-refractivity contribution in [2.45, 2.75) is 40.0 Å². The van der Waals surface area contributed by atoms with Crippen LogP contribution in [0.15, 0.2) is 24.3 Å². The summed E-state index contributed by atoms with van der Waals surface area (Å²) >= 11 is 0. The summed E-state index contributed by atoms with van der Waals surface area (Å²) in [6, 6.07) is 6.61. The predicted molar refractivity (Wildman–Crippen MR) is 81.4 cm³/mol. The fourth-order valence-corrected chi connectivity index (χ4v) is 1.64. The second-order valence-electron chi connectivity index (χ2n) is 5.15. The van der Waals surface area contributed by atoms with Crippen molar-refractivity contribution in [2.24, 2.45) is 5.92 Å². The van der Waals surface area contributed by atoms with E-state index in [1.165, 1.54) is 0 Å². The molecule has 1 aromatic carbocycles. The maximum absolute atomic E-state index is 12.1. The summed E-state index contributed by atoms with van der Waals surface area (Å²) in [5.41, 5.74) is 0.532. The number of carbonyl (C=O) groups is 2. The quantitative estimate of drug-likeness (QED) is 0.539. The van der Waals surface area contributed by atoms with Crippen LogP contribution >= 0.6 is 0 Å². The number of ether oxygens (including phenoxy) is 2. The van der Waals surface area contributed by atoms with Crippen molar-refractivity contribution in [2.75, 3.05) is 13.2 Å². The lowest BCUT2D eigenvalue weighted by molar-refractivity contribution is 0.0419.